The van der Waals surface area contributed by atoms with E-state index in [9.17, 15) is 19.5 Å². The van der Waals surface area contributed by atoms with E-state index in [0.29, 0.717) is 18.7 Å². The first kappa shape index (κ1) is 28.2. The molecule has 12 nitrogen and oxygen atoms in total. The number of nitrogens with zero attached hydrogens (tertiary/aromatic N) is 3. The molecule has 0 aliphatic heterocycles. The van der Waals surface area contributed by atoms with Crippen LogP contribution in [-0.2, 0) is 17.9 Å². The molecule has 0 unspecified atom stereocenters. The van der Waals surface area contributed by atoms with Crippen molar-refractivity contribution in [3.05, 3.63) is 74.7 Å². The molecule has 0 radical (unpaired) electrons. The molecule has 1 aromatic heterocycles. The molecule has 0 atom stereocenters. The molecule has 1 amide bonds. The molecule has 13 heteroatoms. The van der Waals surface area contributed by atoms with Crippen LogP contribution in [0.25, 0.3) is 11.3 Å². The maximum absolute atomic E-state index is 13.6. The summed E-state index contributed by atoms with van der Waals surface area (Å²) >= 11 is 6.55. The highest BCUT2D eigenvalue weighted by Gasteiger charge is 2.26. The van der Waals surface area contributed by atoms with Gasteiger partial charge in [-0.15, -0.1) is 0 Å². The van der Waals surface area contributed by atoms with E-state index in [1.165, 1.54) is 23.2 Å². The lowest BCUT2D eigenvalue weighted by Gasteiger charge is -2.24. The minimum atomic E-state index is -1.32. The molecule has 0 aliphatic rings. The Kier molecular flexibility index (Phi) is 9.05. The van der Waals surface area contributed by atoms with Gasteiger partial charge in [0.05, 0.1) is 11.3 Å². The predicted molar refractivity (Wildman–Crippen MR) is 146 cm³/mol. The molecule has 0 aliphatic carbocycles. The first-order valence-electron chi connectivity index (χ1n) is 11.7. The fourth-order valence-electron chi connectivity index (χ4n) is 3.85. The first-order valence-corrected chi connectivity index (χ1v) is 12.1. The average molecular weight is 541 g/mol. The molecule has 0 fully saturated rings. The molecular weight excluding hydrogens is 512 g/mol. The molecular formula is C25H29ClN8O4. The van der Waals surface area contributed by atoms with Crippen molar-refractivity contribution in [2.24, 2.45) is 5.73 Å². The van der Waals surface area contributed by atoms with Crippen molar-refractivity contribution < 1.29 is 14.7 Å². The van der Waals surface area contributed by atoms with Crippen LogP contribution in [-0.4, -0.2) is 45.5 Å². The number of rotatable bonds is 11. The lowest BCUT2D eigenvalue weighted by molar-refractivity contribution is -0.121. The van der Waals surface area contributed by atoms with Gasteiger partial charge in [-0.2, -0.15) is 0 Å². The Morgan fingerprint density at radius 1 is 1.18 bits per heavy atom. The number of anilines is 2. The van der Waals surface area contributed by atoms with Crippen molar-refractivity contribution in [3.8, 4) is 11.3 Å². The number of amidine groups is 1. The van der Waals surface area contributed by atoms with Crippen LogP contribution in [0.15, 0.2) is 47.3 Å². The lowest BCUT2D eigenvalue weighted by Crippen LogP contribution is -2.44. The largest absolute Gasteiger partial charge is 0.478 e. The number of aromatic nitrogens is 2. The van der Waals surface area contributed by atoms with Crippen molar-refractivity contribution in [2.75, 3.05) is 23.8 Å². The van der Waals surface area contributed by atoms with Crippen LogP contribution in [0.5, 0.6) is 0 Å². The van der Waals surface area contributed by atoms with Crippen molar-refractivity contribution in [2.45, 2.75) is 26.9 Å². The molecule has 200 valence electrons. The fourth-order valence-corrected chi connectivity index (χ4v) is 4.13. The highest BCUT2D eigenvalue weighted by atomic mass is 35.5. The number of nitrogens with two attached hydrogens (primary N) is 2. The van der Waals surface area contributed by atoms with Crippen molar-refractivity contribution >= 4 is 40.8 Å². The zero-order valence-corrected chi connectivity index (χ0v) is 21.7. The van der Waals surface area contributed by atoms with Gasteiger partial charge in [-0.25, -0.2) is 15.2 Å². The van der Waals surface area contributed by atoms with Crippen LogP contribution < -0.4 is 32.8 Å². The number of carbonyl (C=O) groups excluding carboxylic acids is 1. The molecule has 3 aromatic rings. The SMILES string of the molecule is CCNN(CC)c1nc(Cl)c(-c2cccc(N)c2C(=O)O)n(CC(=O)NCc2ccc(C(=N)N)cc2)c1=O. The molecule has 3 rings (SSSR count). The molecule has 0 saturated carbocycles. The number of nitrogens with one attached hydrogen (secondary N) is 3. The minimum Gasteiger partial charge on any atom is -0.478 e. The monoisotopic (exact) mass is 540 g/mol. The fraction of sp³-hybridized carbons (Fsp3) is 0.240. The quantitative estimate of drug-likeness (QED) is 0.0909. The molecule has 0 spiro atoms. The van der Waals surface area contributed by atoms with E-state index in [1.54, 1.807) is 31.2 Å². The number of amides is 1. The van der Waals surface area contributed by atoms with E-state index in [4.69, 9.17) is 28.5 Å². The number of carbonyl (C=O) groups is 2. The van der Waals surface area contributed by atoms with E-state index in [1.807, 2.05) is 6.92 Å². The summed E-state index contributed by atoms with van der Waals surface area (Å²) in [5.74, 6) is -1.96. The highest BCUT2D eigenvalue weighted by molar-refractivity contribution is 6.32. The smallest absolute Gasteiger partial charge is 0.338 e. The predicted octanol–water partition coefficient (Wildman–Crippen LogP) is 1.80. The van der Waals surface area contributed by atoms with Gasteiger partial charge in [-0.3, -0.25) is 24.6 Å². The molecule has 2 aromatic carbocycles. The molecule has 0 bridgehead atoms. The van der Waals surface area contributed by atoms with Crippen LogP contribution in [0.2, 0.25) is 5.15 Å². The van der Waals surface area contributed by atoms with Gasteiger partial charge >= 0.3 is 5.97 Å². The third-order valence-corrected chi connectivity index (χ3v) is 5.91. The average Bonchev–Trinajstić information content (AvgIpc) is 2.88. The second-order valence-corrected chi connectivity index (χ2v) is 8.54. The van der Waals surface area contributed by atoms with Gasteiger partial charge in [0.25, 0.3) is 5.56 Å². The second kappa shape index (κ2) is 12.2. The van der Waals surface area contributed by atoms with Gasteiger partial charge in [0.15, 0.2) is 5.15 Å². The van der Waals surface area contributed by atoms with E-state index in [-0.39, 0.29) is 45.9 Å². The Labute approximate surface area is 223 Å². The Balaban J connectivity index is 2.07. The zero-order chi connectivity index (χ0) is 28.0. The topological polar surface area (TPSA) is 192 Å². The van der Waals surface area contributed by atoms with Gasteiger partial charge in [0.1, 0.15) is 12.4 Å². The number of hydrogen-bond donors (Lipinski definition) is 6. The maximum atomic E-state index is 13.6. The summed E-state index contributed by atoms with van der Waals surface area (Å²) in [4.78, 5) is 42.9. The van der Waals surface area contributed by atoms with Crippen LogP contribution >= 0.6 is 11.6 Å². The van der Waals surface area contributed by atoms with E-state index >= 15 is 0 Å². The standard InChI is InChI=1S/C25H29ClN8O4/c1-3-31-34(4-2)23-24(36)33(13-18(35)30-12-14-8-10-15(11-9-14)22(28)29)20(21(26)32-23)16-6-5-7-17(27)19(16)25(37)38/h5-11,31H,3-4,12-13,27H2,1-2H3,(H3,28,29)(H,30,35)(H,37,38). The summed E-state index contributed by atoms with van der Waals surface area (Å²) in [5, 5.41) is 21.4. The van der Waals surface area contributed by atoms with Crippen LogP contribution in [0.4, 0.5) is 11.5 Å². The normalized spacial score (nSPS) is 10.7. The number of halogens is 1. The summed E-state index contributed by atoms with van der Waals surface area (Å²) in [5.41, 5.74) is 14.8. The van der Waals surface area contributed by atoms with Crippen LogP contribution in [0.3, 0.4) is 0 Å². The molecule has 1 heterocycles. The number of benzene rings is 2. The first-order chi connectivity index (χ1) is 18.1. The van der Waals surface area contributed by atoms with Gasteiger partial charge in [0, 0.05) is 36.4 Å². The summed E-state index contributed by atoms with van der Waals surface area (Å²) in [6, 6.07) is 11.2. The van der Waals surface area contributed by atoms with Gasteiger partial charge < -0.3 is 21.9 Å². The Hall–Kier alpha value is -4.42. The second-order valence-electron chi connectivity index (χ2n) is 8.18. The van der Waals surface area contributed by atoms with E-state index < -0.39 is 24.0 Å². The van der Waals surface area contributed by atoms with E-state index in [0.717, 1.165) is 10.1 Å². The maximum Gasteiger partial charge on any atom is 0.338 e. The zero-order valence-electron chi connectivity index (χ0n) is 20.9. The van der Waals surface area contributed by atoms with Gasteiger partial charge in [-0.1, -0.05) is 54.9 Å². The molecule has 8 N–H and O–H groups in total. The molecule has 38 heavy (non-hydrogen) atoms. The number of aromatic carboxylic acids is 1. The Bertz CT molecular complexity index is 1420. The number of hydrogen-bond acceptors (Lipinski definition) is 8. The van der Waals surface area contributed by atoms with Crippen molar-refractivity contribution in [1.29, 1.82) is 5.41 Å². The van der Waals surface area contributed by atoms with Crippen molar-refractivity contribution in [1.82, 2.24) is 20.3 Å². The third-order valence-electron chi connectivity index (χ3n) is 5.65. The summed E-state index contributed by atoms with van der Waals surface area (Å²) in [6.45, 7) is 4.19. The summed E-state index contributed by atoms with van der Waals surface area (Å²) in [6.07, 6.45) is 0. The number of hydrazine groups is 1. The van der Waals surface area contributed by atoms with Crippen molar-refractivity contribution in [3.63, 3.8) is 0 Å². The van der Waals surface area contributed by atoms with Crippen LogP contribution in [0, 0.1) is 5.41 Å². The highest BCUT2D eigenvalue weighted by Crippen LogP contribution is 2.32. The summed E-state index contributed by atoms with van der Waals surface area (Å²) < 4.78 is 1.10. The Morgan fingerprint density at radius 2 is 1.87 bits per heavy atom. The Morgan fingerprint density at radius 3 is 2.45 bits per heavy atom. The lowest BCUT2D eigenvalue weighted by atomic mass is 10.0. The van der Waals surface area contributed by atoms with Gasteiger partial charge in [0.2, 0.25) is 11.7 Å². The van der Waals surface area contributed by atoms with E-state index in [2.05, 4.69) is 15.7 Å². The number of carboxylic acids is 1. The van der Waals surface area contributed by atoms with Gasteiger partial charge in [-0.05, 0) is 18.6 Å². The summed E-state index contributed by atoms with van der Waals surface area (Å²) in [7, 11) is 0. The number of carboxylic acid groups (broad SMARTS) is 1. The van der Waals surface area contributed by atoms with Crippen LogP contribution in [0.1, 0.15) is 35.3 Å². The minimum absolute atomic E-state index is 0.0320. The molecule has 0 saturated heterocycles. The number of nitrogen functional groups attached to an aromatic ring is 2. The third kappa shape index (κ3) is 6.10.